The second kappa shape index (κ2) is 6.24. The highest BCUT2D eigenvalue weighted by molar-refractivity contribution is 9.10. The molecule has 0 spiro atoms. The molecule has 0 aliphatic rings. The number of carbonyl (C=O) groups excluding carboxylic acids is 1. The molecule has 2 N–H and O–H groups in total. The van der Waals surface area contributed by atoms with Gasteiger partial charge in [0.05, 0.1) is 16.3 Å². The van der Waals surface area contributed by atoms with E-state index in [0.717, 1.165) is 6.07 Å². The topological polar surface area (TPSA) is 66.4 Å². The van der Waals surface area contributed by atoms with Crippen LogP contribution in [0.15, 0.2) is 40.9 Å². The molecule has 4 nitrogen and oxygen atoms in total. The van der Waals surface area contributed by atoms with Crippen LogP contribution in [-0.2, 0) is 0 Å². The van der Waals surface area contributed by atoms with Gasteiger partial charge in [-0.15, -0.1) is 0 Å². The largest absolute Gasteiger partial charge is 0.478 e. The highest BCUT2D eigenvalue weighted by atomic mass is 79.9. The van der Waals surface area contributed by atoms with Crippen molar-refractivity contribution in [1.82, 2.24) is 0 Å². The van der Waals surface area contributed by atoms with E-state index in [2.05, 4.69) is 21.2 Å². The van der Waals surface area contributed by atoms with Gasteiger partial charge in [0.2, 0.25) is 0 Å². The summed E-state index contributed by atoms with van der Waals surface area (Å²) in [6, 6.07) is 7.77. The fraction of sp³-hybridized carbons (Fsp3) is 0. The van der Waals surface area contributed by atoms with Crippen LogP contribution in [0.4, 0.5) is 10.1 Å². The molecule has 0 heterocycles. The second-order valence-corrected chi connectivity index (χ2v) is 5.34. The van der Waals surface area contributed by atoms with Crippen molar-refractivity contribution in [3.8, 4) is 0 Å². The standard InChI is InChI=1S/C14H8BrClFNO3/c15-9-5-7(1-3-10(9)16)13(19)18-12-4-2-8(14(20)21)6-11(12)17/h1-6H,(H,18,19)(H,20,21). The number of rotatable bonds is 3. The number of nitrogens with one attached hydrogen (secondary N) is 1. The van der Waals surface area contributed by atoms with Gasteiger partial charge in [-0.25, -0.2) is 9.18 Å². The Bertz CT molecular complexity index is 736. The Labute approximate surface area is 132 Å². The molecule has 2 rings (SSSR count). The Balaban J connectivity index is 2.23. The third kappa shape index (κ3) is 3.59. The average Bonchev–Trinajstić information content (AvgIpc) is 2.43. The number of hydrogen-bond acceptors (Lipinski definition) is 2. The predicted octanol–water partition coefficient (Wildman–Crippen LogP) is 4.19. The fourth-order valence-electron chi connectivity index (χ4n) is 1.58. The number of halogens is 3. The van der Waals surface area contributed by atoms with Gasteiger partial charge in [0.15, 0.2) is 0 Å². The molecule has 0 atom stereocenters. The van der Waals surface area contributed by atoms with E-state index in [1.165, 1.54) is 30.3 Å². The summed E-state index contributed by atoms with van der Waals surface area (Å²) in [7, 11) is 0. The molecule has 0 bridgehead atoms. The van der Waals surface area contributed by atoms with Gasteiger partial charge in [0.1, 0.15) is 5.82 Å². The van der Waals surface area contributed by atoms with E-state index < -0.39 is 17.7 Å². The zero-order valence-corrected chi connectivity index (χ0v) is 12.7. The van der Waals surface area contributed by atoms with Crippen LogP contribution in [0, 0.1) is 5.82 Å². The van der Waals surface area contributed by atoms with Gasteiger partial charge < -0.3 is 10.4 Å². The summed E-state index contributed by atoms with van der Waals surface area (Å²) >= 11 is 9.01. The number of hydrogen-bond donors (Lipinski definition) is 2. The molecule has 0 fully saturated rings. The number of benzene rings is 2. The maximum Gasteiger partial charge on any atom is 0.335 e. The van der Waals surface area contributed by atoms with Gasteiger partial charge in [-0.1, -0.05) is 11.6 Å². The van der Waals surface area contributed by atoms with Gasteiger partial charge in [0, 0.05) is 10.0 Å². The molecule has 0 aliphatic heterocycles. The van der Waals surface area contributed by atoms with Crippen LogP contribution >= 0.6 is 27.5 Å². The molecule has 0 aromatic heterocycles. The van der Waals surface area contributed by atoms with E-state index >= 15 is 0 Å². The predicted molar refractivity (Wildman–Crippen MR) is 80.5 cm³/mol. The third-order valence-electron chi connectivity index (χ3n) is 2.65. The van der Waals surface area contributed by atoms with E-state index in [-0.39, 0.29) is 16.8 Å². The van der Waals surface area contributed by atoms with Crippen molar-refractivity contribution in [3.63, 3.8) is 0 Å². The summed E-state index contributed by atoms with van der Waals surface area (Å²) in [5, 5.41) is 11.6. The molecule has 0 aliphatic carbocycles. The van der Waals surface area contributed by atoms with Crippen molar-refractivity contribution in [3.05, 3.63) is 62.8 Å². The molecular formula is C14H8BrClFNO3. The summed E-state index contributed by atoms with van der Waals surface area (Å²) in [6.45, 7) is 0. The molecule has 0 saturated heterocycles. The normalized spacial score (nSPS) is 10.2. The van der Waals surface area contributed by atoms with Gasteiger partial charge in [-0.2, -0.15) is 0 Å². The highest BCUT2D eigenvalue weighted by Gasteiger charge is 2.13. The van der Waals surface area contributed by atoms with E-state index in [0.29, 0.717) is 9.50 Å². The maximum atomic E-state index is 13.7. The first-order valence-corrected chi connectivity index (χ1v) is 6.85. The van der Waals surface area contributed by atoms with Crippen molar-refractivity contribution < 1.29 is 19.1 Å². The van der Waals surface area contributed by atoms with Gasteiger partial charge in [0.25, 0.3) is 5.91 Å². The van der Waals surface area contributed by atoms with Crippen LogP contribution in [0.2, 0.25) is 5.02 Å². The lowest BCUT2D eigenvalue weighted by Gasteiger charge is -2.08. The second-order valence-electron chi connectivity index (χ2n) is 4.08. The minimum atomic E-state index is -1.24. The third-order valence-corrected chi connectivity index (χ3v) is 3.86. The Kier molecular flexibility index (Phi) is 4.59. The summed E-state index contributed by atoms with van der Waals surface area (Å²) < 4.78 is 14.3. The van der Waals surface area contributed by atoms with Crippen molar-refractivity contribution in [1.29, 1.82) is 0 Å². The molecule has 0 radical (unpaired) electrons. The molecule has 0 unspecified atom stereocenters. The molecule has 1 amide bonds. The SMILES string of the molecule is O=C(O)c1ccc(NC(=O)c2ccc(Cl)c(Br)c2)c(F)c1. The van der Waals surface area contributed by atoms with Crippen LogP contribution in [0.25, 0.3) is 0 Å². The average molecular weight is 373 g/mol. The number of carboxylic acid groups (broad SMARTS) is 1. The zero-order chi connectivity index (χ0) is 15.6. The van der Waals surface area contributed by atoms with E-state index in [9.17, 15) is 14.0 Å². The van der Waals surface area contributed by atoms with Gasteiger partial charge in [-0.05, 0) is 52.3 Å². The number of amides is 1. The molecule has 2 aromatic rings. The van der Waals surface area contributed by atoms with Crippen LogP contribution in [0.3, 0.4) is 0 Å². The minimum Gasteiger partial charge on any atom is -0.478 e. The summed E-state index contributed by atoms with van der Waals surface area (Å²) in [5.74, 6) is -2.60. The van der Waals surface area contributed by atoms with E-state index in [1.807, 2.05) is 0 Å². The van der Waals surface area contributed by atoms with Crippen molar-refractivity contribution in [2.24, 2.45) is 0 Å². The lowest BCUT2D eigenvalue weighted by atomic mass is 10.1. The Hall–Kier alpha value is -1.92. The monoisotopic (exact) mass is 371 g/mol. The number of carbonyl (C=O) groups is 2. The number of carboxylic acids is 1. The Morgan fingerprint density at radius 3 is 2.38 bits per heavy atom. The molecule has 108 valence electrons. The Morgan fingerprint density at radius 1 is 1.14 bits per heavy atom. The van der Waals surface area contributed by atoms with Gasteiger partial charge in [-0.3, -0.25) is 4.79 Å². The minimum absolute atomic E-state index is 0.101. The molecule has 21 heavy (non-hydrogen) atoms. The van der Waals surface area contributed by atoms with Crippen molar-refractivity contribution in [2.75, 3.05) is 5.32 Å². The fourth-order valence-corrected chi connectivity index (χ4v) is 2.08. The van der Waals surface area contributed by atoms with Crippen LogP contribution in [-0.4, -0.2) is 17.0 Å². The first-order chi connectivity index (χ1) is 9.88. The van der Waals surface area contributed by atoms with E-state index in [4.69, 9.17) is 16.7 Å². The van der Waals surface area contributed by atoms with Crippen LogP contribution in [0.5, 0.6) is 0 Å². The number of anilines is 1. The maximum absolute atomic E-state index is 13.7. The van der Waals surface area contributed by atoms with Crippen molar-refractivity contribution >= 4 is 45.1 Å². The zero-order valence-electron chi connectivity index (χ0n) is 10.4. The summed E-state index contributed by atoms with van der Waals surface area (Å²) in [5.41, 5.74) is -0.0104. The highest BCUT2D eigenvalue weighted by Crippen LogP contribution is 2.24. The first kappa shape index (κ1) is 15.5. The Morgan fingerprint density at radius 2 is 1.81 bits per heavy atom. The van der Waals surface area contributed by atoms with Gasteiger partial charge >= 0.3 is 5.97 Å². The lowest BCUT2D eigenvalue weighted by Crippen LogP contribution is -2.13. The molecule has 2 aromatic carbocycles. The quantitative estimate of drug-likeness (QED) is 0.849. The van der Waals surface area contributed by atoms with Crippen molar-refractivity contribution in [2.45, 2.75) is 0 Å². The summed E-state index contributed by atoms with van der Waals surface area (Å²) in [4.78, 5) is 22.7. The smallest absolute Gasteiger partial charge is 0.335 e. The van der Waals surface area contributed by atoms with Crippen LogP contribution in [0.1, 0.15) is 20.7 Å². The summed E-state index contributed by atoms with van der Waals surface area (Å²) in [6.07, 6.45) is 0. The number of aromatic carboxylic acids is 1. The lowest BCUT2D eigenvalue weighted by molar-refractivity contribution is 0.0696. The van der Waals surface area contributed by atoms with Crippen LogP contribution < -0.4 is 5.32 Å². The molecule has 7 heteroatoms. The van der Waals surface area contributed by atoms with E-state index in [1.54, 1.807) is 0 Å². The molecule has 0 saturated carbocycles. The molecular weight excluding hydrogens is 365 g/mol. The first-order valence-electron chi connectivity index (χ1n) is 5.67.